The van der Waals surface area contributed by atoms with Crippen LogP contribution in [0.4, 0.5) is 17.1 Å². The molecule has 0 saturated heterocycles. The molecule has 0 fully saturated rings. The van der Waals surface area contributed by atoms with Crippen LogP contribution >= 0.6 is 11.6 Å². The molecule has 2 aromatic rings. The molecule has 4 nitrogen and oxygen atoms in total. The highest BCUT2D eigenvalue weighted by Gasteiger charge is 2.06. The topological polar surface area (TPSA) is 44.4 Å². The standard InChI is InChI=1S/C20H26ClN3O/c1-4-24(5-2)18-10-8-17(9-11-18)22-13-12-20(25)23-19-14-16(21)7-6-15(19)3/h6-11,14,22H,4-5,12-13H2,1-3H3,(H,23,25). The highest BCUT2D eigenvalue weighted by atomic mass is 35.5. The van der Waals surface area contributed by atoms with Crippen molar-refractivity contribution < 1.29 is 4.79 Å². The fourth-order valence-electron chi connectivity index (χ4n) is 2.64. The molecule has 0 saturated carbocycles. The summed E-state index contributed by atoms with van der Waals surface area (Å²) in [5, 5.41) is 6.81. The van der Waals surface area contributed by atoms with Crippen molar-refractivity contribution in [3.05, 3.63) is 53.1 Å². The van der Waals surface area contributed by atoms with Crippen LogP contribution in [0.25, 0.3) is 0 Å². The van der Waals surface area contributed by atoms with Gasteiger partial charge in [-0.05, 0) is 62.7 Å². The first-order chi connectivity index (χ1) is 12.0. The maximum atomic E-state index is 12.1. The smallest absolute Gasteiger partial charge is 0.226 e. The predicted molar refractivity (Wildman–Crippen MR) is 108 cm³/mol. The zero-order valence-electron chi connectivity index (χ0n) is 15.1. The fraction of sp³-hybridized carbons (Fsp3) is 0.350. The molecule has 0 aliphatic heterocycles. The quantitative estimate of drug-likeness (QED) is 0.702. The first-order valence-corrected chi connectivity index (χ1v) is 9.06. The minimum absolute atomic E-state index is 0.0300. The molecular weight excluding hydrogens is 334 g/mol. The molecule has 0 aromatic heterocycles. The van der Waals surface area contributed by atoms with Crippen LogP contribution in [0.2, 0.25) is 5.02 Å². The minimum atomic E-state index is -0.0300. The number of benzene rings is 2. The molecule has 134 valence electrons. The zero-order valence-corrected chi connectivity index (χ0v) is 15.9. The van der Waals surface area contributed by atoms with Crippen molar-refractivity contribution in [1.82, 2.24) is 0 Å². The zero-order chi connectivity index (χ0) is 18.2. The first-order valence-electron chi connectivity index (χ1n) is 8.68. The summed E-state index contributed by atoms with van der Waals surface area (Å²) in [6, 6.07) is 13.8. The Hall–Kier alpha value is -2.20. The van der Waals surface area contributed by atoms with E-state index in [0.717, 1.165) is 30.0 Å². The lowest BCUT2D eigenvalue weighted by Gasteiger charge is -2.21. The lowest BCUT2D eigenvalue weighted by molar-refractivity contribution is -0.115. The highest BCUT2D eigenvalue weighted by Crippen LogP contribution is 2.20. The van der Waals surface area contributed by atoms with E-state index >= 15 is 0 Å². The Morgan fingerprint density at radius 1 is 1.08 bits per heavy atom. The third-order valence-electron chi connectivity index (χ3n) is 4.15. The molecule has 0 aliphatic carbocycles. The third-order valence-corrected chi connectivity index (χ3v) is 4.39. The van der Waals surface area contributed by atoms with E-state index < -0.39 is 0 Å². The number of carbonyl (C=O) groups excluding carboxylic acids is 1. The van der Waals surface area contributed by atoms with Crippen LogP contribution < -0.4 is 15.5 Å². The van der Waals surface area contributed by atoms with Gasteiger partial charge in [-0.15, -0.1) is 0 Å². The van der Waals surface area contributed by atoms with Crippen LogP contribution in [0.5, 0.6) is 0 Å². The van der Waals surface area contributed by atoms with E-state index in [1.54, 1.807) is 6.07 Å². The molecule has 2 aromatic carbocycles. The molecule has 0 bridgehead atoms. The molecule has 2 rings (SSSR count). The van der Waals surface area contributed by atoms with E-state index in [-0.39, 0.29) is 5.91 Å². The maximum Gasteiger partial charge on any atom is 0.226 e. The number of nitrogens with zero attached hydrogens (tertiary/aromatic N) is 1. The van der Waals surface area contributed by atoms with E-state index in [0.29, 0.717) is 18.0 Å². The highest BCUT2D eigenvalue weighted by molar-refractivity contribution is 6.31. The average Bonchev–Trinajstić information content (AvgIpc) is 2.60. The van der Waals surface area contributed by atoms with E-state index in [1.807, 2.05) is 31.2 Å². The molecule has 0 aliphatic rings. The maximum absolute atomic E-state index is 12.1. The predicted octanol–water partition coefficient (Wildman–Crippen LogP) is 4.94. The number of anilines is 3. The third kappa shape index (κ3) is 5.68. The largest absolute Gasteiger partial charge is 0.385 e. The second-order valence-corrected chi connectivity index (χ2v) is 6.34. The molecule has 1 amide bonds. The van der Waals surface area contributed by atoms with Crippen molar-refractivity contribution in [3.63, 3.8) is 0 Å². The normalized spacial score (nSPS) is 10.4. The van der Waals surface area contributed by atoms with Gasteiger partial charge < -0.3 is 15.5 Å². The summed E-state index contributed by atoms with van der Waals surface area (Å²) in [6.07, 6.45) is 0.393. The van der Waals surface area contributed by atoms with Gasteiger partial charge in [0.1, 0.15) is 0 Å². The Labute approximate surface area is 155 Å². The number of aryl methyl sites for hydroxylation is 1. The molecule has 0 radical (unpaired) electrons. The van der Waals surface area contributed by atoms with Crippen molar-refractivity contribution in [2.45, 2.75) is 27.2 Å². The summed E-state index contributed by atoms with van der Waals surface area (Å²) in [4.78, 5) is 14.4. The van der Waals surface area contributed by atoms with Crippen LogP contribution in [0.15, 0.2) is 42.5 Å². The van der Waals surface area contributed by atoms with Gasteiger partial charge in [-0.1, -0.05) is 17.7 Å². The molecule has 0 atom stereocenters. The molecule has 0 spiro atoms. The lowest BCUT2D eigenvalue weighted by Crippen LogP contribution is -2.21. The monoisotopic (exact) mass is 359 g/mol. The molecule has 5 heteroatoms. The SMILES string of the molecule is CCN(CC)c1ccc(NCCC(=O)Nc2cc(Cl)ccc2C)cc1. The van der Waals surface area contributed by atoms with Gasteiger partial charge in [0, 0.05) is 48.1 Å². The van der Waals surface area contributed by atoms with E-state index in [2.05, 4.69) is 41.5 Å². The number of hydrogen-bond acceptors (Lipinski definition) is 3. The van der Waals surface area contributed by atoms with Crippen molar-refractivity contribution in [2.75, 3.05) is 35.2 Å². The van der Waals surface area contributed by atoms with Gasteiger partial charge in [-0.25, -0.2) is 0 Å². The summed E-state index contributed by atoms with van der Waals surface area (Å²) in [5.41, 5.74) is 3.99. The number of hydrogen-bond donors (Lipinski definition) is 2. The Morgan fingerprint density at radius 3 is 2.40 bits per heavy atom. The Bertz CT molecular complexity index is 697. The van der Waals surface area contributed by atoms with Crippen LogP contribution in [-0.4, -0.2) is 25.5 Å². The van der Waals surface area contributed by atoms with Crippen molar-refractivity contribution >= 4 is 34.6 Å². The van der Waals surface area contributed by atoms with Gasteiger partial charge in [-0.3, -0.25) is 4.79 Å². The van der Waals surface area contributed by atoms with Gasteiger partial charge >= 0.3 is 0 Å². The number of carbonyl (C=O) groups is 1. The van der Waals surface area contributed by atoms with E-state index in [9.17, 15) is 4.79 Å². The van der Waals surface area contributed by atoms with Crippen molar-refractivity contribution in [1.29, 1.82) is 0 Å². The Balaban J connectivity index is 1.82. The van der Waals surface area contributed by atoms with Crippen molar-refractivity contribution in [2.24, 2.45) is 0 Å². The van der Waals surface area contributed by atoms with Crippen molar-refractivity contribution in [3.8, 4) is 0 Å². The average molecular weight is 360 g/mol. The lowest BCUT2D eigenvalue weighted by atomic mass is 10.2. The van der Waals surface area contributed by atoms with Gasteiger partial charge in [0.25, 0.3) is 0 Å². The number of rotatable bonds is 8. The molecule has 2 N–H and O–H groups in total. The molecule has 0 heterocycles. The van der Waals surface area contributed by atoms with E-state index in [4.69, 9.17) is 11.6 Å². The summed E-state index contributed by atoms with van der Waals surface area (Å²) in [6.45, 7) is 8.81. The van der Waals surface area contributed by atoms with E-state index in [1.165, 1.54) is 5.69 Å². The summed E-state index contributed by atoms with van der Waals surface area (Å²) in [5.74, 6) is -0.0300. The minimum Gasteiger partial charge on any atom is -0.385 e. The van der Waals surface area contributed by atoms with Gasteiger partial charge in [0.2, 0.25) is 5.91 Å². The number of amides is 1. The van der Waals surface area contributed by atoms with Gasteiger partial charge in [-0.2, -0.15) is 0 Å². The Kier molecular flexibility index (Phi) is 7.14. The van der Waals surface area contributed by atoms with Gasteiger partial charge in [0.15, 0.2) is 0 Å². The molecular formula is C20H26ClN3O. The molecule has 25 heavy (non-hydrogen) atoms. The first kappa shape index (κ1) is 19.1. The van der Waals surface area contributed by atoms with Crippen LogP contribution in [0, 0.1) is 6.92 Å². The summed E-state index contributed by atoms with van der Waals surface area (Å²) < 4.78 is 0. The van der Waals surface area contributed by atoms with Gasteiger partial charge in [0.05, 0.1) is 0 Å². The summed E-state index contributed by atoms with van der Waals surface area (Å²) in [7, 11) is 0. The van der Waals surface area contributed by atoms with Crippen LogP contribution in [-0.2, 0) is 4.79 Å². The number of halogens is 1. The Morgan fingerprint density at radius 2 is 1.76 bits per heavy atom. The second kappa shape index (κ2) is 9.33. The van der Waals surface area contributed by atoms with Crippen LogP contribution in [0.3, 0.4) is 0 Å². The van der Waals surface area contributed by atoms with Crippen LogP contribution in [0.1, 0.15) is 25.8 Å². The number of nitrogens with one attached hydrogen (secondary N) is 2. The summed E-state index contributed by atoms with van der Waals surface area (Å²) >= 11 is 5.97. The second-order valence-electron chi connectivity index (χ2n) is 5.90. The molecule has 0 unspecified atom stereocenters. The fourth-order valence-corrected chi connectivity index (χ4v) is 2.81.